The molecular weight excluding hydrogens is 426 g/mol. The molecule has 2 heterocycles. The molecule has 12 nitrogen and oxygen atoms in total. The predicted octanol–water partition coefficient (Wildman–Crippen LogP) is 1.82. The van der Waals surface area contributed by atoms with Crippen LogP contribution in [0.5, 0.6) is 0 Å². The minimum absolute atomic E-state index is 0.0192. The maximum Gasteiger partial charge on any atom is 0.320 e. The van der Waals surface area contributed by atoms with E-state index in [0.717, 1.165) is 10.9 Å². The number of aromatic nitrogens is 4. The zero-order valence-electron chi connectivity index (χ0n) is 14.6. The van der Waals surface area contributed by atoms with Crippen LogP contribution in [0.1, 0.15) is 10.5 Å². The molecule has 0 bridgehead atoms. The molecule has 2 aromatic heterocycles. The number of nitrogens with zero attached hydrogens (tertiary/aromatic N) is 5. The second-order valence-corrected chi connectivity index (χ2v) is 7.69. The first kappa shape index (κ1) is 20.2. The third-order valence-corrected chi connectivity index (χ3v) is 5.09. The largest absolute Gasteiger partial charge is 0.320 e. The Balaban J connectivity index is 1.75. The van der Waals surface area contributed by atoms with Gasteiger partial charge in [-0.2, -0.15) is 5.10 Å². The van der Waals surface area contributed by atoms with Crippen molar-refractivity contribution in [3.8, 4) is 0 Å². The van der Waals surface area contributed by atoms with Crippen LogP contribution in [0.25, 0.3) is 0 Å². The minimum Gasteiger partial charge on any atom is -0.320 e. The first-order valence-electron chi connectivity index (χ1n) is 7.77. The van der Waals surface area contributed by atoms with Gasteiger partial charge in [-0.1, -0.05) is 11.6 Å². The van der Waals surface area contributed by atoms with E-state index in [2.05, 4.69) is 25.3 Å². The van der Waals surface area contributed by atoms with Crippen molar-refractivity contribution >= 4 is 44.7 Å². The van der Waals surface area contributed by atoms with Crippen molar-refractivity contribution in [2.45, 2.75) is 4.90 Å². The number of aryl methyl sites for hydroxylation is 1. The van der Waals surface area contributed by atoms with Gasteiger partial charge in [0.25, 0.3) is 15.9 Å². The maximum absolute atomic E-state index is 12.4. The van der Waals surface area contributed by atoms with Gasteiger partial charge in [-0.3, -0.25) is 24.3 Å². The van der Waals surface area contributed by atoms with E-state index in [0.29, 0.717) is 0 Å². The van der Waals surface area contributed by atoms with Crippen molar-refractivity contribution in [1.29, 1.82) is 0 Å². The molecule has 0 aliphatic heterocycles. The highest BCUT2D eigenvalue weighted by Crippen LogP contribution is 2.20. The van der Waals surface area contributed by atoms with Gasteiger partial charge in [0, 0.05) is 12.7 Å². The van der Waals surface area contributed by atoms with Gasteiger partial charge in [-0.25, -0.2) is 8.42 Å². The Morgan fingerprint density at radius 2 is 1.86 bits per heavy atom. The summed E-state index contributed by atoms with van der Waals surface area (Å²) in [5.74, 6) is -0.822. The second-order valence-electron chi connectivity index (χ2n) is 5.62. The number of hydrogen-bond acceptors (Lipinski definition) is 8. The summed E-state index contributed by atoms with van der Waals surface area (Å²) < 4.78 is 28.1. The molecule has 3 rings (SSSR count). The Bertz CT molecular complexity index is 1180. The molecule has 29 heavy (non-hydrogen) atoms. The van der Waals surface area contributed by atoms with E-state index in [1.165, 1.54) is 43.4 Å². The standard InChI is InChI=1S/C15H12ClN7O5S/c1-22-8-11(23(25)26)14(20-22)15(24)17-9-2-4-10(5-3-9)29(27,28)21-13-7-6-12(16)18-19-13/h2-8H,1H3,(H,17,24)(H,19,21). The lowest BCUT2D eigenvalue weighted by atomic mass is 10.3. The molecule has 0 saturated carbocycles. The topological polar surface area (TPSA) is 162 Å². The van der Waals surface area contributed by atoms with E-state index in [4.69, 9.17) is 11.6 Å². The summed E-state index contributed by atoms with van der Waals surface area (Å²) in [5.41, 5.74) is -0.588. The lowest BCUT2D eigenvalue weighted by Crippen LogP contribution is -2.16. The number of anilines is 2. The van der Waals surface area contributed by atoms with E-state index in [1.54, 1.807) is 0 Å². The molecule has 0 atom stereocenters. The van der Waals surface area contributed by atoms with Gasteiger partial charge in [0.15, 0.2) is 11.0 Å². The summed E-state index contributed by atoms with van der Waals surface area (Å²) >= 11 is 5.60. The van der Waals surface area contributed by atoms with Crippen molar-refractivity contribution in [2.75, 3.05) is 10.0 Å². The van der Waals surface area contributed by atoms with E-state index in [1.807, 2.05) is 0 Å². The summed E-state index contributed by atoms with van der Waals surface area (Å²) in [6, 6.07) is 7.87. The smallest absolute Gasteiger partial charge is 0.320 e. The van der Waals surface area contributed by atoms with Gasteiger partial charge in [-0.15, -0.1) is 10.2 Å². The van der Waals surface area contributed by atoms with Crippen molar-refractivity contribution < 1.29 is 18.1 Å². The van der Waals surface area contributed by atoms with Gasteiger partial charge in [0.2, 0.25) is 5.69 Å². The average molecular weight is 438 g/mol. The number of halogens is 1. The summed E-state index contributed by atoms with van der Waals surface area (Å²) in [5, 5.41) is 24.5. The zero-order valence-corrected chi connectivity index (χ0v) is 16.2. The molecule has 1 aromatic carbocycles. The van der Waals surface area contributed by atoms with Gasteiger partial charge < -0.3 is 5.32 Å². The molecule has 150 valence electrons. The number of amides is 1. The first-order chi connectivity index (χ1) is 13.7. The van der Waals surface area contributed by atoms with Crippen LogP contribution in [0, 0.1) is 10.1 Å². The molecule has 0 unspecified atom stereocenters. The van der Waals surface area contributed by atoms with Crippen LogP contribution in [0.4, 0.5) is 17.2 Å². The van der Waals surface area contributed by atoms with Gasteiger partial charge in [0.1, 0.15) is 6.20 Å². The van der Waals surface area contributed by atoms with Crippen molar-refractivity contribution in [3.05, 3.63) is 63.6 Å². The van der Waals surface area contributed by atoms with Crippen LogP contribution in [0.2, 0.25) is 5.15 Å². The fraction of sp³-hybridized carbons (Fsp3) is 0.0667. The molecule has 0 saturated heterocycles. The molecule has 3 aromatic rings. The molecule has 0 spiro atoms. The SMILES string of the molecule is Cn1cc([N+](=O)[O-])c(C(=O)Nc2ccc(S(=O)(=O)Nc3ccc(Cl)nn3)cc2)n1. The first-order valence-corrected chi connectivity index (χ1v) is 9.63. The van der Waals surface area contributed by atoms with Crippen LogP contribution < -0.4 is 10.0 Å². The highest BCUT2D eigenvalue weighted by Gasteiger charge is 2.25. The van der Waals surface area contributed by atoms with Crippen LogP contribution in [0.3, 0.4) is 0 Å². The number of carbonyl (C=O) groups excluding carboxylic acids is 1. The Kier molecular flexibility index (Phi) is 5.43. The fourth-order valence-electron chi connectivity index (χ4n) is 2.25. The number of nitrogens with one attached hydrogen (secondary N) is 2. The number of rotatable bonds is 6. The summed E-state index contributed by atoms with van der Waals surface area (Å²) in [6.07, 6.45) is 1.11. The lowest BCUT2D eigenvalue weighted by molar-refractivity contribution is -0.385. The van der Waals surface area contributed by atoms with Gasteiger partial charge in [0.05, 0.1) is 9.82 Å². The molecular formula is C15H12ClN7O5S. The Labute approximate surface area is 168 Å². The van der Waals surface area contributed by atoms with E-state index < -0.39 is 26.5 Å². The van der Waals surface area contributed by atoms with E-state index >= 15 is 0 Å². The van der Waals surface area contributed by atoms with Crippen LogP contribution in [0.15, 0.2) is 47.5 Å². The third-order valence-electron chi connectivity index (χ3n) is 3.51. The summed E-state index contributed by atoms with van der Waals surface area (Å²) in [7, 11) is -2.51. The highest BCUT2D eigenvalue weighted by atomic mass is 35.5. The molecule has 0 aliphatic rings. The van der Waals surface area contributed by atoms with Crippen LogP contribution >= 0.6 is 11.6 Å². The van der Waals surface area contributed by atoms with E-state index in [-0.39, 0.29) is 27.2 Å². The van der Waals surface area contributed by atoms with Crippen molar-refractivity contribution in [2.24, 2.45) is 7.05 Å². The number of hydrogen-bond donors (Lipinski definition) is 2. The monoisotopic (exact) mass is 437 g/mol. The second kappa shape index (κ2) is 7.81. The molecule has 0 radical (unpaired) electrons. The summed E-state index contributed by atoms with van der Waals surface area (Å²) in [4.78, 5) is 22.4. The normalized spacial score (nSPS) is 11.1. The third kappa shape index (κ3) is 4.64. The minimum atomic E-state index is -3.95. The quantitative estimate of drug-likeness (QED) is 0.435. The lowest BCUT2D eigenvalue weighted by Gasteiger charge is -2.08. The van der Waals surface area contributed by atoms with Crippen molar-refractivity contribution in [3.63, 3.8) is 0 Å². The van der Waals surface area contributed by atoms with Gasteiger partial charge in [-0.05, 0) is 36.4 Å². The van der Waals surface area contributed by atoms with Gasteiger partial charge >= 0.3 is 5.69 Å². The Morgan fingerprint density at radius 1 is 1.17 bits per heavy atom. The fourth-order valence-corrected chi connectivity index (χ4v) is 3.34. The molecule has 2 N–H and O–H groups in total. The highest BCUT2D eigenvalue weighted by molar-refractivity contribution is 7.92. The Morgan fingerprint density at radius 3 is 2.45 bits per heavy atom. The van der Waals surface area contributed by atoms with Crippen molar-refractivity contribution in [1.82, 2.24) is 20.0 Å². The molecule has 14 heteroatoms. The Hall–Kier alpha value is -3.58. The van der Waals surface area contributed by atoms with Crippen LogP contribution in [-0.4, -0.2) is 39.2 Å². The molecule has 0 aliphatic carbocycles. The maximum atomic E-state index is 12.4. The number of benzene rings is 1. The average Bonchev–Trinajstić information content (AvgIpc) is 3.06. The van der Waals surface area contributed by atoms with E-state index in [9.17, 15) is 23.3 Å². The summed E-state index contributed by atoms with van der Waals surface area (Å²) in [6.45, 7) is 0. The number of sulfonamides is 1. The zero-order chi connectivity index (χ0) is 21.2. The molecule has 0 fully saturated rings. The molecule has 1 amide bonds. The predicted molar refractivity (Wildman–Crippen MR) is 102 cm³/mol. The van der Waals surface area contributed by atoms with Crippen LogP contribution in [-0.2, 0) is 17.1 Å². The number of carbonyl (C=O) groups is 1. The number of nitro groups is 1.